The van der Waals surface area contributed by atoms with Gasteiger partial charge in [0.2, 0.25) is 0 Å². The largest absolute Gasteiger partial charge is 0.469 e. The first-order valence-corrected chi connectivity index (χ1v) is 7.66. The van der Waals surface area contributed by atoms with E-state index in [-0.39, 0.29) is 12.4 Å². The number of nitrogens with one attached hydrogen (secondary N) is 1. The predicted molar refractivity (Wildman–Crippen MR) is 89.2 cm³/mol. The van der Waals surface area contributed by atoms with Gasteiger partial charge >= 0.3 is 5.97 Å². The molecule has 0 fully saturated rings. The van der Waals surface area contributed by atoms with Crippen LogP contribution >= 0.6 is 0 Å². The highest BCUT2D eigenvalue weighted by molar-refractivity contribution is 6.02. The van der Waals surface area contributed by atoms with Crippen molar-refractivity contribution in [1.29, 1.82) is 0 Å². The highest BCUT2D eigenvalue weighted by Gasteiger charge is 2.16. The summed E-state index contributed by atoms with van der Waals surface area (Å²) in [5.74, 6) is -0.699. The number of aromatic amines is 1. The molecule has 0 spiro atoms. The van der Waals surface area contributed by atoms with Gasteiger partial charge in [0.15, 0.2) is 0 Å². The van der Waals surface area contributed by atoms with E-state index in [0.29, 0.717) is 23.2 Å². The Morgan fingerprint density at radius 2 is 2.16 bits per heavy atom. The number of halogens is 1. The summed E-state index contributed by atoms with van der Waals surface area (Å²) in [7, 11) is 1.36. The van der Waals surface area contributed by atoms with E-state index < -0.39 is 5.82 Å². The first kappa shape index (κ1) is 15.3. The molecule has 4 aromatic rings. The second-order valence-electron chi connectivity index (χ2n) is 5.57. The molecular formula is C17H14FN5O2. The first-order valence-electron chi connectivity index (χ1n) is 7.66. The summed E-state index contributed by atoms with van der Waals surface area (Å²) >= 11 is 0. The third-order valence-corrected chi connectivity index (χ3v) is 4.11. The molecule has 0 saturated heterocycles. The molecule has 0 aliphatic rings. The van der Waals surface area contributed by atoms with Gasteiger partial charge < -0.3 is 14.3 Å². The van der Waals surface area contributed by atoms with Crippen LogP contribution in [0, 0.1) is 5.82 Å². The summed E-state index contributed by atoms with van der Waals surface area (Å²) in [5.41, 5.74) is 2.95. The molecule has 0 aliphatic heterocycles. The number of nitrogens with zero attached hydrogens (tertiary/aromatic N) is 4. The minimum atomic E-state index is -0.404. The Kier molecular flexibility index (Phi) is 3.64. The van der Waals surface area contributed by atoms with Crippen molar-refractivity contribution in [2.75, 3.05) is 7.11 Å². The van der Waals surface area contributed by atoms with Crippen LogP contribution in [0.4, 0.5) is 4.39 Å². The average molecular weight is 339 g/mol. The number of ether oxygens (including phenoxy) is 1. The molecule has 0 atom stereocenters. The highest BCUT2D eigenvalue weighted by Crippen LogP contribution is 2.34. The summed E-state index contributed by atoms with van der Waals surface area (Å²) in [4.78, 5) is 26.9. The number of hydrogen-bond acceptors (Lipinski definition) is 5. The molecule has 4 rings (SSSR count). The van der Waals surface area contributed by atoms with Crippen molar-refractivity contribution in [1.82, 2.24) is 24.5 Å². The van der Waals surface area contributed by atoms with Gasteiger partial charge in [-0.05, 0) is 6.07 Å². The van der Waals surface area contributed by atoms with Crippen molar-refractivity contribution in [2.45, 2.75) is 13.0 Å². The minimum absolute atomic E-state index is 0.230. The van der Waals surface area contributed by atoms with E-state index in [9.17, 15) is 9.18 Å². The van der Waals surface area contributed by atoms with Crippen molar-refractivity contribution < 1.29 is 13.9 Å². The zero-order valence-electron chi connectivity index (χ0n) is 13.4. The van der Waals surface area contributed by atoms with E-state index in [1.165, 1.54) is 25.7 Å². The average Bonchev–Trinajstić information content (AvgIpc) is 3.20. The standard InChI is InChI=1S/C17H14FN5O2/c1-25-15(24)2-3-23-8-14(13-6-19-9-22-17(13)23)12-7-21-16-11(12)4-10(18)5-20-16/h4-9H,2-3H2,1H3,(H,20,21). The van der Waals surface area contributed by atoms with Crippen molar-refractivity contribution in [3.05, 3.63) is 43.0 Å². The number of pyridine rings is 1. The van der Waals surface area contributed by atoms with Crippen LogP contribution in [0.15, 0.2) is 37.2 Å². The number of fused-ring (bicyclic) bond motifs is 2. The van der Waals surface area contributed by atoms with Gasteiger partial charge in [0, 0.05) is 47.0 Å². The van der Waals surface area contributed by atoms with Gasteiger partial charge in [0.05, 0.1) is 19.7 Å². The zero-order valence-corrected chi connectivity index (χ0v) is 13.4. The molecule has 1 N–H and O–H groups in total. The molecule has 0 amide bonds. The van der Waals surface area contributed by atoms with Crippen molar-refractivity contribution in [2.24, 2.45) is 0 Å². The lowest BCUT2D eigenvalue weighted by atomic mass is 10.1. The van der Waals surface area contributed by atoms with E-state index in [0.717, 1.165) is 16.5 Å². The van der Waals surface area contributed by atoms with Crippen LogP contribution in [0.5, 0.6) is 0 Å². The molecule has 8 heteroatoms. The molecule has 0 aliphatic carbocycles. The van der Waals surface area contributed by atoms with Crippen LogP contribution in [0.25, 0.3) is 33.2 Å². The topological polar surface area (TPSA) is 85.7 Å². The number of H-pyrrole nitrogens is 1. The van der Waals surface area contributed by atoms with E-state index in [2.05, 4.69) is 19.9 Å². The van der Waals surface area contributed by atoms with Crippen LogP contribution in [-0.4, -0.2) is 37.6 Å². The summed E-state index contributed by atoms with van der Waals surface area (Å²) in [6.45, 7) is 0.426. The second-order valence-corrected chi connectivity index (χ2v) is 5.57. The van der Waals surface area contributed by atoms with Crippen molar-refractivity contribution >= 4 is 28.0 Å². The van der Waals surface area contributed by atoms with Gasteiger partial charge in [-0.15, -0.1) is 0 Å². The Hall–Kier alpha value is -3.29. The Morgan fingerprint density at radius 3 is 3.00 bits per heavy atom. The summed E-state index contributed by atoms with van der Waals surface area (Å²) in [5, 5.41) is 1.49. The van der Waals surface area contributed by atoms with E-state index in [1.807, 2.05) is 10.8 Å². The fourth-order valence-electron chi connectivity index (χ4n) is 2.93. The van der Waals surface area contributed by atoms with E-state index >= 15 is 0 Å². The molecule has 0 saturated carbocycles. The molecule has 0 aromatic carbocycles. The number of carbonyl (C=O) groups is 1. The van der Waals surface area contributed by atoms with Crippen LogP contribution in [-0.2, 0) is 16.1 Å². The van der Waals surface area contributed by atoms with Gasteiger partial charge in [0.1, 0.15) is 23.4 Å². The fraction of sp³-hybridized carbons (Fsp3) is 0.176. The number of rotatable bonds is 4. The second kappa shape index (κ2) is 5.97. The summed E-state index contributed by atoms with van der Waals surface area (Å²) in [6, 6.07) is 1.44. The Labute approximate surface area is 141 Å². The molecule has 4 heterocycles. The Balaban J connectivity index is 1.86. The SMILES string of the molecule is COC(=O)CCn1cc(-c2c[nH]c3ncc(F)cc23)c2cncnc21. The normalized spacial score (nSPS) is 11.3. The predicted octanol–water partition coefficient (Wildman–Crippen LogP) is 2.68. The Bertz CT molecular complexity index is 1090. The smallest absolute Gasteiger partial charge is 0.307 e. The number of aromatic nitrogens is 5. The number of carbonyl (C=O) groups excluding carboxylic acids is 1. The van der Waals surface area contributed by atoms with Crippen LogP contribution in [0.1, 0.15) is 6.42 Å². The van der Waals surface area contributed by atoms with Crippen LogP contribution in [0.2, 0.25) is 0 Å². The van der Waals surface area contributed by atoms with Crippen LogP contribution < -0.4 is 0 Å². The molecule has 0 bridgehead atoms. The quantitative estimate of drug-likeness (QED) is 0.578. The molecular weight excluding hydrogens is 325 g/mol. The van der Waals surface area contributed by atoms with Gasteiger partial charge in [-0.25, -0.2) is 19.3 Å². The first-order chi connectivity index (χ1) is 12.2. The molecule has 126 valence electrons. The molecule has 4 aromatic heterocycles. The monoisotopic (exact) mass is 339 g/mol. The van der Waals surface area contributed by atoms with Crippen molar-refractivity contribution in [3.8, 4) is 11.1 Å². The summed E-state index contributed by atoms with van der Waals surface area (Å²) < 4.78 is 20.2. The number of methoxy groups -OCH3 is 1. The Morgan fingerprint density at radius 1 is 1.28 bits per heavy atom. The van der Waals surface area contributed by atoms with E-state index in [4.69, 9.17) is 4.74 Å². The van der Waals surface area contributed by atoms with Gasteiger partial charge in [-0.3, -0.25) is 4.79 Å². The molecule has 0 radical (unpaired) electrons. The minimum Gasteiger partial charge on any atom is -0.469 e. The number of esters is 1. The zero-order chi connectivity index (χ0) is 17.4. The van der Waals surface area contributed by atoms with Gasteiger partial charge in [-0.1, -0.05) is 0 Å². The van der Waals surface area contributed by atoms with Gasteiger partial charge in [0.25, 0.3) is 0 Å². The maximum atomic E-state index is 13.6. The summed E-state index contributed by atoms with van der Waals surface area (Å²) in [6.07, 6.45) is 8.23. The van der Waals surface area contributed by atoms with Crippen molar-refractivity contribution in [3.63, 3.8) is 0 Å². The number of aryl methyl sites for hydroxylation is 1. The molecule has 25 heavy (non-hydrogen) atoms. The molecule has 0 unspecified atom stereocenters. The lowest BCUT2D eigenvalue weighted by molar-refractivity contribution is -0.140. The fourth-order valence-corrected chi connectivity index (χ4v) is 2.93. The maximum absolute atomic E-state index is 13.6. The maximum Gasteiger partial charge on any atom is 0.307 e. The number of hydrogen-bond donors (Lipinski definition) is 1. The lowest BCUT2D eigenvalue weighted by Gasteiger charge is -2.02. The third kappa shape index (κ3) is 2.61. The highest BCUT2D eigenvalue weighted by atomic mass is 19.1. The van der Waals surface area contributed by atoms with Gasteiger partial charge in [-0.2, -0.15) is 0 Å². The third-order valence-electron chi connectivity index (χ3n) is 4.11. The van der Waals surface area contributed by atoms with E-state index in [1.54, 1.807) is 12.4 Å². The molecule has 7 nitrogen and oxygen atoms in total. The van der Waals surface area contributed by atoms with Crippen LogP contribution in [0.3, 0.4) is 0 Å². The lowest BCUT2D eigenvalue weighted by Crippen LogP contribution is -2.06.